The van der Waals surface area contributed by atoms with Crippen molar-refractivity contribution in [3.63, 3.8) is 0 Å². The fraction of sp³-hybridized carbons (Fsp3) is 0.412. The van der Waals surface area contributed by atoms with Gasteiger partial charge in [-0.1, -0.05) is 29.8 Å². The van der Waals surface area contributed by atoms with Crippen LogP contribution >= 0.6 is 11.6 Å². The topological polar surface area (TPSA) is 43.4 Å². The summed E-state index contributed by atoms with van der Waals surface area (Å²) < 4.78 is 44.9. The zero-order chi connectivity index (χ0) is 17.7. The van der Waals surface area contributed by atoms with E-state index in [-0.39, 0.29) is 29.8 Å². The number of alkyl halides is 3. The number of hydrogen-bond donors (Lipinski definition) is 0. The molecule has 0 aromatic heterocycles. The highest BCUT2D eigenvalue weighted by Crippen LogP contribution is 2.54. The van der Waals surface area contributed by atoms with Crippen LogP contribution in [-0.2, 0) is 19.7 Å². The molecule has 2 aliphatic rings. The number of ether oxygens (including phenoxy) is 1. The number of methoxy groups -OCH3 is 1. The van der Waals surface area contributed by atoms with E-state index in [1.165, 1.54) is 13.2 Å². The lowest BCUT2D eigenvalue weighted by Gasteiger charge is -2.35. The van der Waals surface area contributed by atoms with E-state index < -0.39 is 34.8 Å². The number of carbonyl (C=O) groups is 2. The second-order valence-electron chi connectivity index (χ2n) is 6.13. The fourth-order valence-corrected chi connectivity index (χ4v) is 3.97. The number of esters is 1. The maximum atomic E-state index is 13.4. The summed E-state index contributed by atoms with van der Waals surface area (Å²) in [4.78, 5) is 24.0. The molecule has 1 aromatic rings. The van der Waals surface area contributed by atoms with Crippen LogP contribution in [0.2, 0.25) is 5.02 Å². The zero-order valence-corrected chi connectivity index (χ0v) is 13.5. The van der Waals surface area contributed by atoms with Crippen LogP contribution in [0.1, 0.15) is 30.4 Å². The maximum absolute atomic E-state index is 13.4. The van der Waals surface area contributed by atoms with Gasteiger partial charge in [0.1, 0.15) is 11.7 Å². The first-order valence-electron chi connectivity index (χ1n) is 7.39. The number of rotatable bonds is 1. The summed E-state index contributed by atoms with van der Waals surface area (Å²) in [5.41, 5.74) is -1.53. The molecule has 0 saturated heterocycles. The molecule has 0 radical (unpaired) electrons. The van der Waals surface area contributed by atoms with Crippen molar-refractivity contribution in [2.45, 2.75) is 30.9 Å². The molecule has 2 atom stereocenters. The summed E-state index contributed by atoms with van der Waals surface area (Å²) in [5, 5.41) is 0.00971. The molecule has 1 saturated carbocycles. The standard InChI is InChI=1S/C17H14ClF3O3/c1-24-15(23)9-5-6-16(8-13(9)22)7-11(17(19,20)21)14-10(16)3-2-4-12(14)18/h2-4,7,9H,5-6,8H2,1H3. The lowest BCUT2D eigenvalue weighted by molar-refractivity contribution is -0.151. The van der Waals surface area contributed by atoms with Crippen molar-refractivity contribution in [1.29, 1.82) is 0 Å². The maximum Gasteiger partial charge on any atom is 0.416 e. The summed E-state index contributed by atoms with van der Waals surface area (Å²) in [6.07, 6.45) is -3.22. The molecule has 24 heavy (non-hydrogen) atoms. The molecule has 0 N–H and O–H groups in total. The lowest BCUT2D eigenvalue weighted by atomic mass is 9.67. The number of fused-ring (bicyclic) bond motifs is 2. The van der Waals surface area contributed by atoms with Gasteiger partial charge in [0.15, 0.2) is 0 Å². The first kappa shape index (κ1) is 17.0. The molecule has 0 heterocycles. The van der Waals surface area contributed by atoms with E-state index in [2.05, 4.69) is 4.74 Å². The Morgan fingerprint density at radius 1 is 1.38 bits per heavy atom. The number of Topliss-reactive ketones (excluding diaryl/α,β-unsaturated/α-hetero) is 1. The number of halogens is 4. The van der Waals surface area contributed by atoms with Crippen molar-refractivity contribution in [3.8, 4) is 0 Å². The van der Waals surface area contributed by atoms with Crippen molar-refractivity contribution in [2.24, 2.45) is 5.92 Å². The molecule has 7 heteroatoms. The molecule has 2 unspecified atom stereocenters. The van der Waals surface area contributed by atoms with Gasteiger partial charge >= 0.3 is 12.1 Å². The quantitative estimate of drug-likeness (QED) is 0.561. The van der Waals surface area contributed by atoms with Gasteiger partial charge in [0, 0.05) is 22.4 Å². The molecule has 128 valence electrons. The highest BCUT2D eigenvalue weighted by molar-refractivity contribution is 6.32. The minimum Gasteiger partial charge on any atom is -0.468 e. The minimum absolute atomic E-state index is 0.00971. The van der Waals surface area contributed by atoms with Gasteiger partial charge in [0.25, 0.3) is 0 Å². The molecular formula is C17H14ClF3O3. The number of carbonyl (C=O) groups excluding carboxylic acids is 2. The summed E-state index contributed by atoms with van der Waals surface area (Å²) >= 11 is 6.01. The van der Waals surface area contributed by atoms with Crippen molar-refractivity contribution in [3.05, 3.63) is 40.4 Å². The van der Waals surface area contributed by atoms with Gasteiger partial charge in [-0.25, -0.2) is 0 Å². The molecule has 1 spiro atoms. The Hall–Kier alpha value is -1.82. The lowest BCUT2D eigenvalue weighted by Crippen LogP contribution is -2.39. The van der Waals surface area contributed by atoms with E-state index in [9.17, 15) is 22.8 Å². The van der Waals surface area contributed by atoms with E-state index in [0.29, 0.717) is 5.56 Å². The average Bonchev–Trinajstić information content (AvgIpc) is 2.83. The highest BCUT2D eigenvalue weighted by Gasteiger charge is 2.51. The first-order valence-corrected chi connectivity index (χ1v) is 7.77. The van der Waals surface area contributed by atoms with Crippen molar-refractivity contribution in [1.82, 2.24) is 0 Å². The van der Waals surface area contributed by atoms with Gasteiger partial charge < -0.3 is 4.74 Å². The van der Waals surface area contributed by atoms with Crippen molar-refractivity contribution >= 4 is 28.9 Å². The third kappa shape index (κ3) is 2.53. The van der Waals surface area contributed by atoms with Crippen molar-refractivity contribution < 1.29 is 27.5 Å². The molecule has 2 aliphatic carbocycles. The van der Waals surface area contributed by atoms with Gasteiger partial charge in [-0.05, 0) is 24.5 Å². The molecule has 3 rings (SSSR count). The predicted octanol–water partition coefficient (Wildman–Crippen LogP) is 4.08. The van der Waals surface area contributed by atoms with Crippen LogP contribution < -0.4 is 0 Å². The van der Waals surface area contributed by atoms with Crippen LogP contribution in [0, 0.1) is 5.92 Å². The normalized spacial score (nSPS) is 26.3. The van der Waals surface area contributed by atoms with Gasteiger partial charge in [-0.15, -0.1) is 0 Å². The molecule has 1 aromatic carbocycles. The Bertz CT molecular complexity index is 754. The van der Waals surface area contributed by atoms with Gasteiger partial charge in [0.2, 0.25) is 0 Å². The smallest absolute Gasteiger partial charge is 0.416 e. The van der Waals surface area contributed by atoms with Crippen LogP contribution in [0.3, 0.4) is 0 Å². The minimum atomic E-state index is -4.56. The Labute approximate surface area is 141 Å². The molecule has 0 amide bonds. The zero-order valence-electron chi connectivity index (χ0n) is 12.7. The molecular weight excluding hydrogens is 345 g/mol. The molecule has 0 aliphatic heterocycles. The Kier molecular flexibility index (Phi) is 3.98. The number of hydrogen-bond acceptors (Lipinski definition) is 3. The van der Waals surface area contributed by atoms with E-state index in [0.717, 1.165) is 6.08 Å². The van der Waals surface area contributed by atoms with Crippen LogP contribution in [0.15, 0.2) is 24.3 Å². The highest BCUT2D eigenvalue weighted by atomic mass is 35.5. The fourth-order valence-electron chi connectivity index (χ4n) is 3.69. The monoisotopic (exact) mass is 358 g/mol. The SMILES string of the molecule is COC(=O)C1CCC2(C=C(C(F)(F)F)c3c(Cl)cccc32)CC1=O. The van der Waals surface area contributed by atoms with Gasteiger partial charge in [-0.2, -0.15) is 13.2 Å². The van der Waals surface area contributed by atoms with E-state index >= 15 is 0 Å². The molecule has 3 nitrogen and oxygen atoms in total. The molecule has 1 fully saturated rings. The summed E-state index contributed by atoms with van der Waals surface area (Å²) in [5.74, 6) is -1.95. The van der Waals surface area contributed by atoms with Crippen LogP contribution in [0.5, 0.6) is 0 Å². The first-order chi connectivity index (χ1) is 11.2. The second kappa shape index (κ2) is 5.62. The van der Waals surface area contributed by atoms with E-state index in [1.807, 2.05) is 0 Å². The largest absolute Gasteiger partial charge is 0.468 e. The van der Waals surface area contributed by atoms with E-state index in [1.54, 1.807) is 12.1 Å². The third-order valence-electron chi connectivity index (χ3n) is 4.79. The summed E-state index contributed by atoms with van der Waals surface area (Å²) in [7, 11) is 1.19. The molecule has 0 bridgehead atoms. The third-order valence-corrected chi connectivity index (χ3v) is 5.10. The van der Waals surface area contributed by atoms with Gasteiger partial charge in [-0.3, -0.25) is 9.59 Å². The van der Waals surface area contributed by atoms with Crippen molar-refractivity contribution in [2.75, 3.05) is 7.11 Å². The average molecular weight is 359 g/mol. The summed E-state index contributed by atoms with van der Waals surface area (Å²) in [6.45, 7) is 0. The number of allylic oxidation sites excluding steroid dienone is 2. The van der Waals surface area contributed by atoms with Crippen LogP contribution in [0.4, 0.5) is 13.2 Å². The van der Waals surface area contributed by atoms with Gasteiger partial charge in [0.05, 0.1) is 12.7 Å². The second-order valence-corrected chi connectivity index (χ2v) is 6.54. The van der Waals surface area contributed by atoms with Crippen LogP contribution in [-0.4, -0.2) is 25.0 Å². The van der Waals surface area contributed by atoms with E-state index in [4.69, 9.17) is 11.6 Å². The Morgan fingerprint density at radius 3 is 2.67 bits per heavy atom. The Balaban J connectivity index is 2.07. The predicted molar refractivity (Wildman–Crippen MR) is 81.5 cm³/mol. The number of benzene rings is 1. The summed E-state index contributed by atoms with van der Waals surface area (Å²) in [6, 6.07) is 4.55. The number of ketones is 1. The Morgan fingerprint density at radius 2 is 2.08 bits per heavy atom. The van der Waals surface area contributed by atoms with Crippen LogP contribution in [0.25, 0.3) is 5.57 Å².